The van der Waals surface area contributed by atoms with E-state index in [-0.39, 0.29) is 5.78 Å². The summed E-state index contributed by atoms with van der Waals surface area (Å²) >= 11 is 6.14. The first-order chi connectivity index (χ1) is 8.13. The normalized spacial score (nSPS) is 13.6. The zero-order valence-corrected chi connectivity index (χ0v) is 10.8. The summed E-state index contributed by atoms with van der Waals surface area (Å²) in [7, 11) is 0. The van der Waals surface area contributed by atoms with Gasteiger partial charge in [0.15, 0.2) is 11.5 Å². The lowest BCUT2D eigenvalue weighted by Crippen LogP contribution is -2.18. The Hall–Kier alpha value is -1.22. The van der Waals surface area contributed by atoms with Crippen LogP contribution in [-0.2, 0) is 17.6 Å². The summed E-state index contributed by atoms with van der Waals surface area (Å²) in [5.74, 6) is 1.44. The maximum atomic E-state index is 11.2. The number of ether oxygens (including phenoxy) is 2. The molecule has 0 bridgehead atoms. The van der Waals surface area contributed by atoms with E-state index >= 15 is 0 Å². The van der Waals surface area contributed by atoms with Crippen molar-refractivity contribution in [3.63, 3.8) is 0 Å². The number of benzene rings is 1. The standard InChI is InChI=1S/C13H15ClO3/c1-3-10-9(6-8(2)15)7-11(14)13-12(10)16-4-5-17-13/h7H,3-6H2,1-2H3. The number of carbonyl (C=O) groups is 1. The molecule has 1 heterocycles. The van der Waals surface area contributed by atoms with Crippen LogP contribution in [0.25, 0.3) is 0 Å². The van der Waals surface area contributed by atoms with Crippen molar-refractivity contribution in [2.24, 2.45) is 0 Å². The predicted molar refractivity (Wildman–Crippen MR) is 66.2 cm³/mol. The summed E-state index contributed by atoms with van der Waals surface area (Å²) in [6.45, 7) is 4.65. The molecule has 1 aliphatic heterocycles. The first-order valence-corrected chi connectivity index (χ1v) is 6.10. The van der Waals surface area contributed by atoms with Gasteiger partial charge in [0.05, 0.1) is 5.02 Å². The maximum Gasteiger partial charge on any atom is 0.180 e. The largest absolute Gasteiger partial charge is 0.486 e. The molecule has 0 atom stereocenters. The molecular formula is C13H15ClO3. The van der Waals surface area contributed by atoms with Crippen molar-refractivity contribution in [1.82, 2.24) is 0 Å². The molecule has 0 aromatic heterocycles. The molecule has 0 fully saturated rings. The molecule has 1 aromatic carbocycles. The number of hydrogen-bond acceptors (Lipinski definition) is 3. The first kappa shape index (κ1) is 12.2. The van der Waals surface area contributed by atoms with Crippen LogP contribution in [0.1, 0.15) is 25.0 Å². The van der Waals surface area contributed by atoms with Gasteiger partial charge >= 0.3 is 0 Å². The van der Waals surface area contributed by atoms with Gasteiger partial charge in [0.25, 0.3) is 0 Å². The maximum absolute atomic E-state index is 11.2. The van der Waals surface area contributed by atoms with E-state index in [0.29, 0.717) is 36.2 Å². The van der Waals surface area contributed by atoms with E-state index in [1.54, 1.807) is 6.92 Å². The molecule has 2 rings (SSSR count). The molecular weight excluding hydrogens is 240 g/mol. The second kappa shape index (κ2) is 4.96. The number of rotatable bonds is 3. The molecule has 92 valence electrons. The van der Waals surface area contributed by atoms with Gasteiger partial charge in [-0.2, -0.15) is 0 Å². The van der Waals surface area contributed by atoms with Gasteiger partial charge < -0.3 is 9.47 Å². The fraction of sp³-hybridized carbons (Fsp3) is 0.462. The van der Waals surface area contributed by atoms with Crippen LogP contribution in [0.15, 0.2) is 6.07 Å². The van der Waals surface area contributed by atoms with Crippen molar-refractivity contribution in [1.29, 1.82) is 0 Å². The summed E-state index contributed by atoms with van der Waals surface area (Å²) in [5.41, 5.74) is 1.97. The van der Waals surface area contributed by atoms with Crippen molar-refractivity contribution in [3.8, 4) is 11.5 Å². The van der Waals surface area contributed by atoms with Gasteiger partial charge in [-0.3, -0.25) is 4.79 Å². The van der Waals surface area contributed by atoms with Crippen LogP contribution in [0.5, 0.6) is 11.5 Å². The van der Waals surface area contributed by atoms with Crippen LogP contribution in [0, 0.1) is 0 Å². The van der Waals surface area contributed by atoms with Crippen LogP contribution >= 0.6 is 11.6 Å². The van der Waals surface area contributed by atoms with Crippen LogP contribution in [-0.4, -0.2) is 19.0 Å². The molecule has 0 aliphatic carbocycles. The highest BCUT2D eigenvalue weighted by atomic mass is 35.5. The Kier molecular flexibility index (Phi) is 3.57. The van der Waals surface area contributed by atoms with Gasteiger partial charge in [0, 0.05) is 12.0 Å². The van der Waals surface area contributed by atoms with Gasteiger partial charge in [-0.1, -0.05) is 18.5 Å². The lowest BCUT2D eigenvalue weighted by atomic mass is 9.99. The summed E-state index contributed by atoms with van der Waals surface area (Å²) in [4.78, 5) is 11.2. The minimum Gasteiger partial charge on any atom is -0.486 e. The van der Waals surface area contributed by atoms with E-state index in [0.717, 1.165) is 17.5 Å². The number of fused-ring (bicyclic) bond motifs is 1. The van der Waals surface area contributed by atoms with Crippen LogP contribution in [0.4, 0.5) is 0 Å². The second-order valence-electron chi connectivity index (χ2n) is 4.08. The van der Waals surface area contributed by atoms with Crippen molar-refractivity contribution in [2.75, 3.05) is 13.2 Å². The topological polar surface area (TPSA) is 35.5 Å². The van der Waals surface area contributed by atoms with Crippen molar-refractivity contribution in [2.45, 2.75) is 26.7 Å². The van der Waals surface area contributed by atoms with E-state index in [1.165, 1.54) is 0 Å². The second-order valence-corrected chi connectivity index (χ2v) is 4.49. The smallest absolute Gasteiger partial charge is 0.180 e. The number of ketones is 1. The predicted octanol–water partition coefficient (Wildman–Crippen LogP) is 2.81. The van der Waals surface area contributed by atoms with Crippen molar-refractivity contribution >= 4 is 17.4 Å². The third-order valence-electron chi connectivity index (χ3n) is 2.75. The number of halogens is 1. The van der Waals surface area contributed by atoms with E-state index in [4.69, 9.17) is 21.1 Å². The van der Waals surface area contributed by atoms with Gasteiger partial charge in [-0.25, -0.2) is 0 Å². The lowest BCUT2D eigenvalue weighted by molar-refractivity contribution is -0.116. The molecule has 4 heteroatoms. The van der Waals surface area contributed by atoms with Gasteiger partial charge in [-0.05, 0) is 25.0 Å². The summed E-state index contributed by atoms with van der Waals surface area (Å²) in [6, 6.07) is 1.81. The lowest BCUT2D eigenvalue weighted by Gasteiger charge is -2.23. The molecule has 0 amide bonds. The quantitative estimate of drug-likeness (QED) is 0.832. The number of Topliss-reactive ketones (excluding diaryl/α,β-unsaturated/α-hetero) is 1. The molecule has 0 saturated heterocycles. The Bertz CT molecular complexity index is 454. The van der Waals surface area contributed by atoms with Gasteiger partial charge in [0.2, 0.25) is 0 Å². The summed E-state index contributed by atoms with van der Waals surface area (Å²) in [5, 5.41) is 0.521. The fourth-order valence-electron chi connectivity index (χ4n) is 2.09. The third kappa shape index (κ3) is 2.39. The van der Waals surface area contributed by atoms with E-state index < -0.39 is 0 Å². The Morgan fingerprint density at radius 2 is 2.00 bits per heavy atom. The van der Waals surface area contributed by atoms with Crippen molar-refractivity contribution < 1.29 is 14.3 Å². The van der Waals surface area contributed by atoms with E-state index in [1.807, 2.05) is 13.0 Å². The van der Waals surface area contributed by atoms with Crippen LogP contribution in [0.2, 0.25) is 5.02 Å². The van der Waals surface area contributed by atoms with Gasteiger partial charge in [0.1, 0.15) is 19.0 Å². The molecule has 0 spiro atoms. The SMILES string of the molecule is CCc1c(CC(C)=O)cc(Cl)c2c1OCCO2. The summed E-state index contributed by atoms with van der Waals surface area (Å²) < 4.78 is 11.1. The highest BCUT2D eigenvalue weighted by Crippen LogP contribution is 2.42. The molecule has 0 saturated carbocycles. The number of carbonyl (C=O) groups excluding carboxylic acids is 1. The fourth-order valence-corrected chi connectivity index (χ4v) is 2.36. The highest BCUT2D eigenvalue weighted by molar-refractivity contribution is 6.32. The van der Waals surface area contributed by atoms with E-state index in [9.17, 15) is 4.79 Å². The van der Waals surface area contributed by atoms with E-state index in [2.05, 4.69) is 0 Å². The third-order valence-corrected chi connectivity index (χ3v) is 3.04. The first-order valence-electron chi connectivity index (χ1n) is 5.72. The Morgan fingerprint density at radius 1 is 1.35 bits per heavy atom. The zero-order valence-electron chi connectivity index (χ0n) is 10.0. The average molecular weight is 255 g/mol. The Balaban J connectivity index is 2.53. The molecule has 0 unspecified atom stereocenters. The Morgan fingerprint density at radius 3 is 2.59 bits per heavy atom. The van der Waals surface area contributed by atoms with Crippen LogP contribution in [0.3, 0.4) is 0 Å². The van der Waals surface area contributed by atoms with Crippen LogP contribution < -0.4 is 9.47 Å². The number of hydrogen-bond donors (Lipinski definition) is 0. The monoisotopic (exact) mass is 254 g/mol. The highest BCUT2D eigenvalue weighted by Gasteiger charge is 2.22. The molecule has 3 nitrogen and oxygen atoms in total. The zero-order chi connectivity index (χ0) is 12.4. The van der Waals surface area contributed by atoms with Gasteiger partial charge in [-0.15, -0.1) is 0 Å². The molecule has 0 radical (unpaired) electrons. The molecule has 17 heavy (non-hydrogen) atoms. The van der Waals surface area contributed by atoms with Crippen molar-refractivity contribution in [3.05, 3.63) is 22.2 Å². The Labute approximate surface area is 106 Å². The average Bonchev–Trinajstić information content (AvgIpc) is 2.29. The molecule has 1 aromatic rings. The minimum atomic E-state index is 0.118. The minimum absolute atomic E-state index is 0.118. The summed E-state index contributed by atoms with van der Waals surface area (Å²) in [6.07, 6.45) is 1.19. The molecule has 0 N–H and O–H groups in total. The molecule has 1 aliphatic rings.